The molecule has 1 aliphatic heterocycles. The molecule has 6 atom stereocenters. The molecule has 1 fully saturated rings. The molecular formula is C14H20FN5O4. The molecule has 0 bridgehead atoms. The van der Waals surface area contributed by atoms with Gasteiger partial charge in [0.05, 0.1) is 19.1 Å². The Labute approximate surface area is 137 Å². The maximum atomic E-state index is 13.0. The second kappa shape index (κ2) is 6.55. The highest BCUT2D eigenvalue weighted by Gasteiger charge is 2.49. The van der Waals surface area contributed by atoms with Gasteiger partial charge in [0.1, 0.15) is 30.2 Å². The van der Waals surface area contributed by atoms with E-state index in [0.717, 1.165) is 0 Å². The van der Waals surface area contributed by atoms with Crippen molar-refractivity contribution in [2.75, 3.05) is 19.5 Å². The monoisotopic (exact) mass is 341 g/mol. The van der Waals surface area contributed by atoms with E-state index in [-0.39, 0.29) is 5.82 Å². The minimum absolute atomic E-state index is 0.198. The number of alkyl halides is 1. The van der Waals surface area contributed by atoms with Crippen molar-refractivity contribution in [2.24, 2.45) is 5.92 Å². The van der Waals surface area contributed by atoms with Crippen LogP contribution in [0.15, 0.2) is 12.7 Å². The van der Waals surface area contributed by atoms with Crippen LogP contribution < -0.4 is 5.73 Å². The summed E-state index contributed by atoms with van der Waals surface area (Å²) in [5.74, 6) is -0.303. The summed E-state index contributed by atoms with van der Waals surface area (Å²) in [6, 6.07) is 0. The fourth-order valence-electron chi connectivity index (χ4n) is 3.02. The summed E-state index contributed by atoms with van der Waals surface area (Å²) in [5, 5.41) is 20.7. The summed E-state index contributed by atoms with van der Waals surface area (Å²) >= 11 is 0. The minimum Gasteiger partial charge on any atom is -0.387 e. The molecule has 24 heavy (non-hydrogen) atoms. The number of methoxy groups -OCH3 is 1. The number of aromatic nitrogens is 4. The molecule has 3 heterocycles. The Morgan fingerprint density at radius 3 is 2.79 bits per heavy atom. The number of hydrogen-bond donors (Lipinski definition) is 3. The van der Waals surface area contributed by atoms with E-state index in [2.05, 4.69) is 15.0 Å². The number of rotatable bonds is 5. The molecule has 0 saturated carbocycles. The Kier molecular flexibility index (Phi) is 4.63. The molecule has 1 saturated heterocycles. The van der Waals surface area contributed by atoms with Gasteiger partial charge in [0.2, 0.25) is 0 Å². The van der Waals surface area contributed by atoms with Crippen LogP contribution in [0, 0.1) is 5.92 Å². The van der Waals surface area contributed by atoms with Gasteiger partial charge in [-0.3, -0.25) is 8.96 Å². The predicted molar refractivity (Wildman–Crippen MR) is 81.6 cm³/mol. The SMILES string of the molecule is COC([C@H]1O[C@@H](n2cnc3c(N)ncnc32)[C@H](O)[C@@H]1O)[C@@H](C)CF. The van der Waals surface area contributed by atoms with Crippen LogP contribution in [-0.2, 0) is 9.47 Å². The van der Waals surface area contributed by atoms with Gasteiger partial charge in [-0.1, -0.05) is 6.92 Å². The van der Waals surface area contributed by atoms with Gasteiger partial charge < -0.3 is 25.4 Å². The zero-order chi connectivity index (χ0) is 17.4. The molecule has 0 aromatic carbocycles. The zero-order valence-electron chi connectivity index (χ0n) is 13.3. The first-order valence-corrected chi connectivity index (χ1v) is 7.53. The normalized spacial score (nSPS) is 29.9. The minimum atomic E-state index is -1.26. The van der Waals surface area contributed by atoms with Gasteiger partial charge in [0, 0.05) is 13.0 Å². The molecule has 2 aromatic rings. The fourth-order valence-corrected chi connectivity index (χ4v) is 3.02. The van der Waals surface area contributed by atoms with Crippen molar-refractivity contribution in [1.29, 1.82) is 0 Å². The second-order valence-electron chi connectivity index (χ2n) is 5.89. The van der Waals surface area contributed by atoms with E-state index >= 15 is 0 Å². The molecule has 4 N–H and O–H groups in total. The predicted octanol–water partition coefficient (Wildman–Crippen LogP) is -0.352. The quantitative estimate of drug-likeness (QED) is 0.673. The number of halogens is 1. The fraction of sp³-hybridized carbons (Fsp3) is 0.643. The number of nitrogen functional groups attached to an aromatic ring is 1. The van der Waals surface area contributed by atoms with E-state index in [1.807, 2.05) is 0 Å². The van der Waals surface area contributed by atoms with Gasteiger partial charge in [-0.05, 0) is 0 Å². The number of anilines is 1. The van der Waals surface area contributed by atoms with Crippen LogP contribution in [0.4, 0.5) is 10.2 Å². The average molecular weight is 341 g/mol. The third-order valence-electron chi connectivity index (χ3n) is 4.34. The summed E-state index contributed by atoms with van der Waals surface area (Å²) in [5.41, 5.74) is 6.48. The Bertz CT molecular complexity index is 714. The molecule has 1 aliphatic rings. The maximum absolute atomic E-state index is 13.0. The summed E-state index contributed by atoms with van der Waals surface area (Å²) in [4.78, 5) is 12.1. The van der Waals surface area contributed by atoms with Gasteiger partial charge in [-0.2, -0.15) is 0 Å². The van der Waals surface area contributed by atoms with Crippen molar-refractivity contribution in [3.63, 3.8) is 0 Å². The lowest BCUT2D eigenvalue weighted by Gasteiger charge is -2.28. The summed E-state index contributed by atoms with van der Waals surface area (Å²) < 4.78 is 25.5. The third kappa shape index (κ3) is 2.61. The molecule has 10 heteroatoms. The van der Waals surface area contributed by atoms with Crippen molar-refractivity contribution in [3.05, 3.63) is 12.7 Å². The van der Waals surface area contributed by atoms with Crippen molar-refractivity contribution in [3.8, 4) is 0 Å². The van der Waals surface area contributed by atoms with E-state index in [0.29, 0.717) is 11.2 Å². The highest BCUT2D eigenvalue weighted by atomic mass is 19.1. The lowest BCUT2D eigenvalue weighted by Crippen LogP contribution is -2.43. The lowest BCUT2D eigenvalue weighted by molar-refractivity contribution is -0.114. The molecule has 0 amide bonds. The van der Waals surface area contributed by atoms with Crippen LogP contribution in [0.3, 0.4) is 0 Å². The number of nitrogens with zero attached hydrogens (tertiary/aromatic N) is 4. The van der Waals surface area contributed by atoms with Crippen LogP contribution >= 0.6 is 0 Å². The number of nitrogens with two attached hydrogens (primary N) is 1. The number of hydrogen-bond acceptors (Lipinski definition) is 8. The molecule has 0 aliphatic carbocycles. The van der Waals surface area contributed by atoms with E-state index in [4.69, 9.17) is 15.2 Å². The van der Waals surface area contributed by atoms with Gasteiger partial charge in [-0.25, -0.2) is 15.0 Å². The number of aliphatic hydroxyl groups excluding tert-OH is 2. The van der Waals surface area contributed by atoms with Crippen molar-refractivity contribution < 1.29 is 24.1 Å². The average Bonchev–Trinajstić information content (AvgIpc) is 3.13. The molecule has 9 nitrogen and oxygen atoms in total. The Morgan fingerprint density at radius 2 is 2.12 bits per heavy atom. The Morgan fingerprint density at radius 1 is 1.38 bits per heavy atom. The smallest absolute Gasteiger partial charge is 0.167 e. The van der Waals surface area contributed by atoms with Gasteiger partial charge >= 0.3 is 0 Å². The number of aliphatic hydroxyl groups is 2. The summed E-state index contributed by atoms with van der Waals surface area (Å²) in [6.45, 7) is 1.01. The van der Waals surface area contributed by atoms with Crippen LogP contribution in [0.25, 0.3) is 11.2 Å². The first kappa shape index (κ1) is 17.0. The van der Waals surface area contributed by atoms with E-state index in [9.17, 15) is 14.6 Å². The highest BCUT2D eigenvalue weighted by Crippen LogP contribution is 2.35. The van der Waals surface area contributed by atoms with Crippen LogP contribution in [0.1, 0.15) is 13.2 Å². The van der Waals surface area contributed by atoms with Crippen LogP contribution in [0.2, 0.25) is 0 Å². The van der Waals surface area contributed by atoms with Gasteiger partial charge in [0.25, 0.3) is 0 Å². The molecule has 132 valence electrons. The molecule has 0 spiro atoms. The molecule has 2 aromatic heterocycles. The zero-order valence-corrected chi connectivity index (χ0v) is 13.3. The molecule has 0 radical (unpaired) electrons. The highest BCUT2D eigenvalue weighted by molar-refractivity contribution is 5.81. The van der Waals surface area contributed by atoms with Gasteiger partial charge in [-0.15, -0.1) is 0 Å². The Hall–Kier alpha value is -1.88. The number of fused-ring (bicyclic) bond motifs is 1. The number of imidazole rings is 1. The third-order valence-corrected chi connectivity index (χ3v) is 4.34. The van der Waals surface area contributed by atoms with Crippen molar-refractivity contribution in [2.45, 2.75) is 37.6 Å². The van der Waals surface area contributed by atoms with Crippen molar-refractivity contribution >= 4 is 17.0 Å². The molecule has 1 unspecified atom stereocenters. The molecular weight excluding hydrogens is 321 g/mol. The lowest BCUT2D eigenvalue weighted by atomic mass is 9.96. The number of ether oxygens (including phenoxy) is 2. The molecule has 3 rings (SSSR count). The largest absolute Gasteiger partial charge is 0.387 e. The first-order chi connectivity index (χ1) is 11.5. The van der Waals surface area contributed by atoms with E-state index in [1.165, 1.54) is 24.3 Å². The van der Waals surface area contributed by atoms with E-state index in [1.54, 1.807) is 6.92 Å². The standard InChI is InChI=1S/C14H20FN5O4/c1-6(3-15)10(23-2)11-8(21)9(22)14(24-11)20-5-19-7-12(16)17-4-18-13(7)20/h4-6,8-11,14,21-22H,3H2,1-2H3,(H2,16,17,18)/t6-,8-,9+,10?,11-,14+/m0/s1. The maximum Gasteiger partial charge on any atom is 0.167 e. The Balaban J connectivity index is 1.93. The van der Waals surface area contributed by atoms with Crippen molar-refractivity contribution in [1.82, 2.24) is 19.5 Å². The van der Waals surface area contributed by atoms with E-state index < -0.39 is 43.2 Å². The van der Waals surface area contributed by atoms with Crippen LogP contribution in [0.5, 0.6) is 0 Å². The summed E-state index contributed by atoms with van der Waals surface area (Å²) in [6.07, 6.45) is -2.38. The second-order valence-corrected chi connectivity index (χ2v) is 5.89. The van der Waals surface area contributed by atoms with Crippen LogP contribution in [-0.4, -0.2) is 67.9 Å². The summed E-state index contributed by atoms with van der Waals surface area (Å²) in [7, 11) is 1.41. The first-order valence-electron chi connectivity index (χ1n) is 7.53. The topological polar surface area (TPSA) is 129 Å². The van der Waals surface area contributed by atoms with Gasteiger partial charge in [0.15, 0.2) is 17.7 Å².